The lowest BCUT2D eigenvalue weighted by Gasteiger charge is -2.43. The van der Waals surface area contributed by atoms with Crippen molar-refractivity contribution in [3.63, 3.8) is 0 Å². The fraction of sp³-hybridized carbons (Fsp3) is 0.714. The van der Waals surface area contributed by atoms with E-state index in [4.69, 9.17) is 4.74 Å². The Morgan fingerprint density at radius 1 is 1.00 bits per heavy atom. The minimum Gasteiger partial charge on any atom is -0.494 e. The topological polar surface area (TPSA) is 15.7 Å². The zero-order valence-electron chi connectivity index (χ0n) is 15.7. The molecular weight excluding hydrogens is 296 g/mol. The zero-order valence-corrected chi connectivity index (χ0v) is 15.7. The average Bonchev–Trinajstić information content (AvgIpc) is 2.57. The van der Waals surface area contributed by atoms with Crippen LogP contribution in [-0.2, 0) is 6.54 Å². The van der Waals surface area contributed by atoms with E-state index in [1.165, 1.54) is 51.0 Å². The highest BCUT2D eigenvalue weighted by Gasteiger charge is 2.29. The van der Waals surface area contributed by atoms with E-state index in [9.17, 15) is 0 Å². The van der Waals surface area contributed by atoms with Gasteiger partial charge in [-0.1, -0.05) is 26.0 Å². The highest BCUT2D eigenvalue weighted by molar-refractivity contribution is 5.27. The van der Waals surface area contributed by atoms with Crippen molar-refractivity contribution >= 4 is 0 Å². The lowest BCUT2D eigenvalue weighted by molar-refractivity contribution is 0.0530. The normalized spacial score (nSPS) is 27.3. The first-order valence-electron chi connectivity index (χ1n) is 9.82. The van der Waals surface area contributed by atoms with Crippen LogP contribution >= 0.6 is 0 Å². The van der Waals surface area contributed by atoms with Gasteiger partial charge < -0.3 is 4.74 Å². The summed E-state index contributed by atoms with van der Waals surface area (Å²) in [5.74, 6) is 2.72. The molecule has 2 unspecified atom stereocenters. The SMILES string of the molecule is CCOc1ccc(CN2CCC(N3CC(C)CC(C)C3)CC2)cc1. The van der Waals surface area contributed by atoms with E-state index in [0.29, 0.717) is 0 Å². The molecule has 2 atom stereocenters. The van der Waals surface area contributed by atoms with Gasteiger partial charge in [-0.3, -0.25) is 9.80 Å². The van der Waals surface area contributed by atoms with Crippen molar-refractivity contribution < 1.29 is 4.74 Å². The summed E-state index contributed by atoms with van der Waals surface area (Å²) in [6.45, 7) is 13.8. The molecule has 3 nitrogen and oxygen atoms in total. The molecule has 0 bridgehead atoms. The zero-order chi connectivity index (χ0) is 16.9. The van der Waals surface area contributed by atoms with Crippen molar-refractivity contribution in [2.24, 2.45) is 11.8 Å². The summed E-state index contributed by atoms with van der Waals surface area (Å²) < 4.78 is 5.53. The number of hydrogen-bond donors (Lipinski definition) is 0. The molecule has 134 valence electrons. The van der Waals surface area contributed by atoms with Crippen LogP contribution in [0, 0.1) is 11.8 Å². The lowest BCUT2D eigenvalue weighted by Crippen LogP contribution is -2.49. The lowest BCUT2D eigenvalue weighted by atomic mass is 9.89. The van der Waals surface area contributed by atoms with Gasteiger partial charge >= 0.3 is 0 Å². The molecule has 1 aromatic rings. The molecule has 0 aliphatic carbocycles. The van der Waals surface area contributed by atoms with Gasteiger partial charge in [0.1, 0.15) is 5.75 Å². The second-order valence-corrected chi connectivity index (χ2v) is 7.98. The first-order chi connectivity index (χ1) is 11.6. The highest BCUT2D eigenvalue weighted by Crippen LogP contribution is 2.27. The first-order valence-corrected chi connectivity index (χ1v) is 9.82. The third kappa shape index (κ3) is 4.73. The van der Waals surface area contributed by atoms with Gasteiger partial charge in [-0.15, -0.1) is 0 Å². The van der Waals surface area contributed by atoms with Crippen LogP contribution in [-0.4, -0.2) is 48.6 Å². The largest absolute Gasteiger partial charge is 0.494 e. The minimum absolute atomic E-state index is 0.737. The summed E-state index contributed by atoms with van der Waals surface area (Å²) >= 11 is 0. The summed E-state index contributed by atoms with van der Waals surface area (Å²) in [5, 5.41) is 0. The molecule has 3 heteroatoms. The van der Waals surface area contributed by atoms with Gasteiger partial charge in [-0.05, 0) is 68.8 Å². The van der Waals surface area contributed by atoms with E-state index < -0.39 is 0 Å². The van der Waals surface area contributed by atoms with Gasteiger partial charge in [0.05, 0.1) is 6.61 Å². The van der Waals surface area contributed by atoms with Crippen LogP contribution in [0.15, 0.2) is 24.3 Å². The molecule has 3 rings (SSSR count). The smallest absolute Gasteiger partial charge is 0.119 e. The van der Waals surface area contributed by atoms with Crippen LogP contribution < -0.4 is 4.74 Å². The maximum atomic E-state index is 5.53. The van der Waals surface area contributed by atoms with E-state index >= 15 is 0 Å². The Hall–Kier alpha value is -1.06. The van der Waals surface area contributed by atoms with Gasteiger partial charge in [0.15, 0.2) is 0 Å². The Bertz CT molecular complexity index is 483. The maximum Gasteiger partial charge on any atom is 0.119 e. The minimum atomic E-state index is 0.737. The van der Waals surface area contributed by atoms with Crippen molar-refractivity contribution in [2.75, 3.05) is 32.8 Å². The predicted octanol–water partition coefficient (Wildman–Crippen LogP) is 4.03. The fourth-order valence-corrected chi connectivity index (χ4v) is 4.57. The number of rotatable bonds is 5. The molecule has 2 heterocycles. The summed E-state index contributed by atoms with van der Waals surface area (Å²) in [4.78, 5) is 5.40. The summed E-state index contributed by atoms with van der Waals surface area (Å²) in [5.41, 5.74) is 1.40. The molecule has 2 saturated heterocycles. The molecule has 1 aromatic carbocycles. The second kappa shape index (κ2) is 8.35. The molecule has 2 aliphatic rings. The molecule has 0 saturated carbocycles. The Morgan fingerprint density at radius 2 is 1.62 bits per heavy atom. The van der Waals surface area contributed by atoms with Crippen molar-refractivity contribution in [1.29, 1.82) is 0 Å². The van der Waals surface area contributed by atoms with E-state index in [1.54, 1.807) is 0 Å². The summed E-state index contributed by atoms with van der Waals surface area (Å²) in [7, 11) is 0. The van der Waals surface area contributed by atoms with Crippen molar-refractivity contribution in [2.45, 2.75) is 52.6 Å². The monoisotopic (exact) mass is 330 g/mol. The highest BCUT2D eigenvalue weighted by atomic mass is 16.5. The quantitative estimate of drug-likeness (QED) is 0.811. The number of nitrogens with zero attached hydrogens (tertiary/aromatic N) is 2. The molecule has 0 radical (unpaired) electrons. The van der Waals surface area contributed by atoms with Crippen LogP contribution in [0.4, 0.5) is 0 Å². The Kier molecular flexibility index (Phi) is 6.18. The summed E-state index contributed by atoms with van der Waals surface area (Å²) in [6.07, 6.45) is 4.07. The van der Waals surface area contributed by atoms with Gasteiger partial charge in [0.25, 0.3) is 0 Å². The van der Waals surface area contributed by atoms with Crippen LogP contribution in [0.2, 0.25) is 0 Å². The molecule has 0 N–H and O–H groups in total. The third-order valence-corrected chi connectivity index (χ3v) is 5.61. The number of ether oxygens (including phenoxy) is 1. The van der Waals surface area contributed by atoms with Crippen LogP contribution in [0.1, 0.15) is 45.6 Å². The fourth-order valence-electron chi connectivity index (χ4n) is 4.57. The van der Waals surface area contributed by atoms with E-state index in [0.717, 1.165) is 36.8 Å². The molecule has 0 spiro atoms. The van der Waals surface area contributed by atoms with Crippen LogP contribution in [0.25, 0.3) is 0 Å². The average molecular weight is 331 g/mol. The number of piperidine rings is 2. The predicted molar refractivity (Wildman–Crippen MR) is 100 cm³/mol. The van der Waals surface area contributed by atoms with Crippen molar-refractivity contribution in [3.05, 3.63) is 29.8 Å². The van der Waals surface area contributed by atoms with E-state index in [-0.39, 0.29) is 0 Å². The second-order valence-electron chi connectivity index (χ2n) is 7.98. The number of benzene rings is 1. The summed E-state index contributed by atoms with van der Waals surface area (Å²) in [6, 6.07) is 9.44. The third-order valence-electron chi connectivity index (χ3n) is 5.61. The maximum absolute atomic E-state index is 5.53. The van der Waals surface area contributed by atoms with Gasteiger partial charge in [0.2, 0.25) is 0 Å². The van der Waals surface area contributed by atoms with Gasteiger partial charge in [-0.2, -0.15) is 0 Å². The molecule has 0 amide bonds. The molecular formula is C21H34N2O. The van der Waals surface area contributed by atoms with Gasteiger partial charge in [-0.25, -0.2) is 0 Å². The van der Waals surface area contributed by atoms with E-state index in [2.05, 4.69) is 47.9 Å². The first kappa shape index (κ1) is 17.8. The molecule has 0 aromatic heterocycles. The van der Waals surface area contributed by atoms with Gasteiger partial charge in [0, 0.05) is 25.7 Å². The standard InChI is InChI=1S/C21H34N2O/c1-4-24-21-7-5-19(6-8-21)16-22-11-9-20(10-12-22)23-14-17(2)13-18(3)15-23/h5-8,17-18,20H,4,9-16H2,1-3H3. The van der Waals surface area contributed by atoms with Crippen molar-refractivity contribution in [1.82, 2.24) is 9.80 Å². The van der Waals surface area contributed by atoms with E-state index in [1.807, 2.05) is 6.92 Å². The molecule has 2 fully saturated rings. The molecule has 2 aliphatic heterocycles. The number of hydrogen-bond acceptors (Lipinski definition) is 3. The van der Waals surface area contributed by atoms with Crippen LogP contribution in [0.3, 0.4) is 0 Å². The Morgan fingerprint density at radius 3 is 2.21 bits per heavy atom. The van der Waals surface area contributed by atoms with Crippen molar-refractivity contribution in [3.8, 4) is 5.75 Å². The Labute approximate surface area is 148 Å². The van der Waals surface area contributed by atoms with Crippen LogP contribution in [0.5, 0.6) is 5.75 Å². The number of likely N-dealkylation sites (tertiary alicyclic amines) is 2. The molecule has 24 heavy (non-hydrogen) atoms. The Balaban J connectivity index is 1.46.